The van der Waals surface area contributed by atoms with Gasteiger partial charge >= 0.3 is 54.2 Å². The molecule has 0 spiro atoms. The quantitative estimate of drug-likeness (QED) is 0.387. The van der Waals surface area contributed by atoms with Gasteiger partial charge < -0.3 is 50.9 Å². The van der Waals surface area contributed by atoms with E-state index in [1.165, 1.54) is 0 Å². The zero-order valence-corrected chi connectivity index (χ0v) is 10.0. The molecule has 0 aliphatic heterocycles. The van der Waals surface area contributed by atoms with E-state index in [-0.39, 0.29) is 105 Å². The van der Waals surface area contributed by atoms with E-state index in [2.05, 4.69) is 0 Å². The van der Waals surface area contributed by atoms with E-state index in [0.717, 1.165) is 0 Å². The molecule has 0 fully saturated rings. The Bertz CT molecular complexity index is 8.75. The van der Waals surface area contributed by atoms with Crippen molar-refractivity contribution in [1.29, 1.82) is 0 Å². The molecule has 4 heteroatoms. The summed E-state index contributed by atoms with van der Waals surface area (Å²) in [5.41, 5.74) is 0. The van der Waals surface area contributed by atoms with Gasteiger partial charge in [0.2, 0.25) is 0 Å². The largest absolute Gasteiger partial charge is 1.00 e. The maximum absolute atomic E-state index is 0. The van der Waals surface area contributed by atoms with Crippen molar-refractivity contribution in [1.82, 2.24) is 0 Å². The second-order valence-electron chi connectivity index (χ2n) is 0. The van der Waals surface area contributed by atoms with E-state index >= 15 is 0 Å². The van der Waals surface area contributed by atoms with Crippen LogP contribution in [-0.4, -0.2) is 0 Å². The minimum Gasteiger partial charge on any atom is -1.00 e. The maximum Gasteiger partial charge on any atom is 1.00 e. The van der Waals surface area contributed by atoms with Gasteiger partial charge in [0.05, 0.1) is 0 Å². The van der Waals surface area contributed by atoms with Gasteiger partial charge in [-0.1, -0.05) is 0 Å². The molecule has 0 saturated carbocycles. The Hall–Kier alpha value is 3.08. The summed E-state index contributed by atoms with van der Waals surface area (Å²) in [6, 6.07) is 0. The van der Waals surface area contributed by atoms with E-state index in [4.69, 9.17) is 0 Å². The van der Waals surface area contributed by atoms with Crippen LogP contribution >= 0.6 is 0 Å². The fourth-order valence-electron chi connectivity index (χ4n) is 0. The third kappa shape index (κ3) is 8.91. The summed E-state index contributed by atoms with van der Waals surface area (Å²) < 4.78 is 0. The fourth-order valence-corrected chi connectivity index (χ4v) is 0. The van der Waals surface area contributed by atoms with Crippen LogP contribution in [0.4, 0.5) is 0 Å². The van der Waals surface area contributed by atoms with Crippen LogP contribution in [-0.2, 0) is 0 Å². The zero-order valence-electron chi connectivity index (χ0n) is 4.13. The van der Waals surface area contributed by atoms with Gasteiger partial charge in [0, 0.05) is 0 Å². The third-order valence-electron chi connectivity index (χ3n) is 0. The van der Waals surface area contributed by atoms with Gasteiger partial charge in [-0.05, 0) is 0 Å². The summed E-state index contributed by atoms with van der Waals surface area (Å²) in [4.78, 5) is 0. The molecule has 0 aromatic rings. The van der Waals surface area contributed by atoms with Crippen LogP contribution in [0.15, 0.2) is 0 Å². The molecule has 0 unspecified atom stereocenters. The summed E-state index contributed by atoms with van der Waals surface area (Å²) in [5.74, 6) is 0. The second kappa shape index (κ2) is 16.5. The number of hydrogen-bond donors (Lipinski definition) is 0. The fraction of sp³-hybridized carbons (Fsp3) is 0. The van der Waals surface area contributed by atoms with E-state index in [1.807, 2.05) is 0 Å². The summed E-state index contributed by atoms with van der Waals surface area (Å²) >= 11 is 0. The van der Waals surface area contributed by atoms with Crippen LogP contribution in [0.2, 0.25) is 0 Å². The molecule has 0 atom stereocenters. The van der Waals surface area contributed by atoms with Crippen LogP contribution in [0.3, 0.4) is 0 Å². The van der Waals surface area contributed by atoms with Crippen molar-refractivity contribution in [2.45, 2.75) is 0 Å². The van der Waals surface area contributed by atoms with E-state index in [1.54, 1.807) is 0 Å². The van der Waals surface area contributed by atoms with Crippen molar-refractivity contribution in [2.24, 2.45) is 0 Å². The minimum absolute atomic E-state index is 0. The summed E-state index contributed by atoms with van der Waals surface area (Å²) in [6.45, 7) is 0. The first-order chi connectivity index (χ1) is 0. The van der Waals surface area contributed by atoms with Gasteiger partial charge in [-0.25, -0.2) is 0 Å². The standard InChI is InChI=1S/3BrH.K/h3*1H;/q;;;+1/p-1. The smallest absolute Gasteiger partial charge is 1.00 e. The maximum atomic E-state index is 0. The van der Waals surface area contributed by atoms with Crippen molar-refractivity contribution in [3.8, 4) is 0 Å². The Kier molecular flexibility index (Phi) is 114. The van der Waals surface area contributed by atoms with Gasteiger partial charge in [0.1, 0.15) is 0 Å². The molecule has 24 valence electrons. The Morgan fingerprint density at radius 1 is 0.750 bits per heavy atom. The summed E-state index contributed by atoms with van der Waals surface area (Å²) in [5, 5.41) is 0. The average Bonchev–Trinajstić information content (AvgIpc) is 0. The van der Waals surface area contributed by atoms with Crippen LogP contribution in [0.1, 0.15) is 2.85 Å². The van der Waals surface area contributed by atoms with Crippen molar-refractivity contribution in [3.63, 3.8) is 0 Å². The minimum atomic E-state index is 0. The molecule has 4 heavy (non-hydrogen) atoms. The van der Waals surface area contributed by atoms with E-state index in [9.17, 15) is 0 Å². The predicted octanol–water partition coefficient (Wildman–Crippen LogP) is -11.8. The molecule has 0 aromatic heterocycles. The second-order valence-corrected chi connectivity index (χ2v) is 0. The zero-order chi connectivity index (χ0) is 0. The SMILES string of the molecule is [Br-].[Br-].[Br-].[H+].[H+].[K+]. The Morgan fingerprint density at radius 3 is 0.750 bits per heavy atom. The van der Waals surface area contributed by atoms with Crippen molar-refractivity contribution in [3.05, 3.63) is 0 Å². The Morgan fingerprint density at radius 2 is 0.750 bits per heavy atom. The van der Waals surface area contributed by atoms with E-state index in [0.29, 0.717) is 0 Å². The molecular formula is H2Br3K. The predicted molar refractivity (Wildman–Crippen MR) is 2.22 cm³/mol. The molecule has 0 radical (unpaired) electrons. The van der Waals surface area contributed by atoms with Crippen LogP contribution in [0, 0.1) is 0 Å². The average molecular weight is 281 g/mol. The number of rotatable bonds is 0. The normalized spacial score (nSPS) is 0. The monoisotopic (exact) mass is 278 g/mol. The number of hydrogen-bond acceptors (Lipinski definition) is 0. The molecule has 0 N–H and O–H groups in total. The van der Waals surface area contributed by atoms with Gasteiger partial charge in [0.15, 0.2) is 0 Å². The first-order valence-corrected chi connectivity index (χ1v) is 0. The molecule has 0 heterocycles. The molecule has 0 aliphatic carbocycles. The van der Waals surface area contributed by atoms with Crippen molar-refractivity contribution < 1.29 is 105 Å². The van der Waals surface area contributed by atoms with E-state index < -0.39 is 0 Å². The van der Waals surface area contributed by atoms with Crippen molar-refractivity contribution in [2.75, 3.05) is 0 Å². The first kappa shape index (κ1) is 27.6. The summed E-state index contributed by atoms with van der Waals surface area (Å²) in [6.07, 6.45) is 0. The van der Waals surface area contributed by atoms with Crippen LogP contribution in [0.5, 0.6) is 0 Å². The topological polar surface area (TPSA) is 0 Å². The molecule has 0 amide bonds. The molecule has 0 rings (SSSR count). The van der Waals surface area contributed by atoms with Gasteiger partial charge in [-0.2, -0.15) is 0 Å². The van der Waals surface area contributed by atoms with Crippen LogP contribution in [0.25, 0.3) is 0 Å². The molecular weight excluding hydrogens is 279 g/mol. The van der Waals surface area contributed by atoms with Gasteiger partial charge in [-0.3, -0.25) is 0 Å². The first-order valence-electron chi connectivity index (χ1n) is 0. The third-order valence-corrected chi connectivity index (χ3v) is 0. The molecule has 0 aliphatic rings. The molecule has 0 bridgehead atoms. The van der Waals surface area contributed by atoms with Gasteiger partial charge in [0.25, 0.3) is 0 Å². The molecule has 0 saturated heterocycles. The van der Waals surface area contributed by atoms with Crippen molar-refractivity contribution >= 4 is 0 Å². The summed E-state index contributed by atoms with van der Waals surface area (Å²) in [7, 11) is 0. The number of halogens is 3. The molecule has 0 aromatic carbocycles. The Labute approximate surface area is 103 Å². The molecule has 0 nitrogen and oxygen atoms in total. The van der Waals surface area contributed by atoms with Crippen LogP contribution < -0.4 is 102 Å². The van der Waals surface area contributed by atoms with Gasteiger partial charge in [-0.15, -0.1) is 0 Å². The Balaban J connectivity index is 0.